The highest BCUT2D eigenvalue weighted by atomic mass is 16.5. The highest BCUT2D eigenvalue weighted by molar-refractivity contribution is 5.15. The first-order valence-corrected chi connectivity index (χ1v) is 5.70. The van der Waals surface area contributed by atoms with Crippen molar-refractivity contribution >= 4 is 0 Å². The van der Waals surface area contributed by atoms with Crippen LogP contribution in [0, 0.1) is 0 Å². The van der Waals surface area contributed by atoms with Gasteiger partial charge in [0.1, 0.15) is 0 Å². The molecule has 0 radical (unpaired) electrons. The molecule has 0 spiro atoms. The van der Waals surface area contributed by atoms with Gasteiger partial charge in [-0.3, -0.25) is 0 Å². The van der Waals surface area contributed by atoms with Gasteiger partial charge in [0.05, 0.1) is 12.8 Å². The van der Waals surface area contributed by atoms with Crippen molar-refractivity contribution in [2.75, 3.05) is 27.2 Å². The maximum Gasteiger partial charge on any atom is 0.213 e. The van der Waals surface area contributed by atoms with Gasteiger partial charge < -0.3 is 15.0 Å². The van der Waals surface area contributed by atoms with Crippen molar-refractivity contribution in [2.45, 2.75) is 19.0 Å². The molecular weight excluding hydrogens is 202 g/mol. The fraction of sp³-hybridized carbons (Fsp3) is 0.583. The van der Waals surface area contributed by atoms with Crippen LogP contribution in [-0.4, -0.2) is 43.2 Å². The van der Waals surface area contributed by atoms with E-state index in [-0.39, 0.29) is 0 Å². The van der Waals surface area contributed by atoms with Crippen molar-refractivity contribution in [1.29, 1.82) is 0 Å². The maximum absolute atomic E-state index is 5.10. The SMILES string of the molecule is COc1cccc(CNC2CCN(C)C2)n1. The van der Waals surface area contributed by atoms with E-state index in [1.54, 1.807) is 7.11 Å². The second-order valence-corrected chi connectivity index (χ2v) is 4.30. The lowest BCUT2D eigenvalue weighted by atomic mass is 10.2. The van der Waals surface area contributed by atoms with Crippen LogP contribution in [0.4, 0.5) is 0 Å². The number of likely N-dealkylation sites (N-methyl/N-ethyl adjacent to an activating group) is 1. The third-order valence-corrected chi connectivity index (χ3v) is 2.95. The van der Waals surface area contributed by atoms with E-state index in [0.29, 0.717) is 11.9 Å². The Bertz CT molecular complexity index is 343. The zero-order valence-electron chi connectivity index (χ0n) is 9.94. The number of ether oxygens (including phenoxy) is 1. The molecule has 1 aliphatic rings. The molecule has 88 valence electrons. The second kappa shape index (κ2) is 5.27. The fourth-order valence-corrected chi connectivity index (χ4v) is 2.02. The minimum Gasteiger partial charge on any atom is -0.481 e. The summed E-state index contributed by atoms with van der Waals surface area (Å²) in [5.74, 6) is 0.683. The summed E-state index contributed by atoms with van der Waals surface area (Å²) in [6.07, 6.45) is 1.22. The van der Waals surface area contributed by atoms with Gasteiger partial charge in [0.15, 0.2) is 0 Å². The number of hydrogen-bond acceptors (Lipinski definition) is 4. The van der Waals surface area contributed by atoms with E-state index in [1.807, 2.05) is 18.2 Å². The quantitative estimate of drug-likeness (QED) is 0.819. The number of nitrogens with zero attached hydrogens (tertiary/aromatic N) is 2. The topological polar surface area (TPSA) is 37.4 Å². The van der Waals surface area contributed by atoms with Crippen molar-refractivity contribution in [2.24, 2.45) is 0 Å². The molecule has 1 atom stereocenters. The predicted octanol–water partition coefficient (Wildman–Crippen LogP) is 0.884. The van der Waals surface area contributed by atoms with Gasteiger partial charge in [-0.1, -0.05) is 6.07 Å². The summed E-state index contributed by atoms with van der Waals surface area (Å²) in [7, 11) is 3.80. The number of likely N-dealkylation sites (tertiary alicyclic amines) is 1. The molecule has 1 aromatic rings. The van der Waals surface area contributed by atoms with E-state index in [1.165, 1.54) is 13.0 Å². The molecule has 1 aliphatic heterocycles. The van der Waals surface area contributed by atoms with Crippen LogP contribution in [-0.2, 0) is 6.54 Å². The van der Waals surface area contributed by atoms with Crippen LogP contribution in [0.15, 0.2) is 18.2 Å². The van der Waals surface area contributed by atoms with Crippen molar-refractivity contribution in [3.05, 3.63) is 23.9 Å². The first-order chi connectivity index (χ1) is 7.78. The number of nitrogens with one attached hydrogen (secondary N) is 1. The molecule has 1 N–H and O–H groups in total. The molecule has 0 aliphatic carbocycles. The molecule has 1 unspecified atom stereocenters. The number of methoxy groups -OCH3 is 1. The summed E-state index contributed by atoms with van der Waals surface area (Å²) in [6, 6.07) is 6.46. The van der Waals surface area contributed by atoms with Gasteiger partial charge >= 0.3 is 0 Å². The lowest BCUT2D eigenvalue weighted by molar-refractivity contribution is 0.390. The van der Waals surface area contributed by atoms with Crippen LogP contribution in [0.3, 0.4) is 0 Å². The molecule has 0 bridgehead atoms. The van der Waals surface area contributed by atoms with Crippen LogP contribution in [0.1, 0.15) is 12.1 Å². The first kappa shape index (κ1) is 11.4. The van der Waals surface area contributed by atoms with E-state index in [2.05, 4.69) is 22.2 Å². The fourth-order valence-electron chi connectivity index (χ4n) is 2.02. The Morgan fingerprint density at radius 1 is 1.56 bits per heavy atom. The highest BCUT2D eigenvalue weighted by Gasteiger charge is 2.18. The lowest BCUT2D eigenvalue weighted by Gasteiger charge is -2.12. The van der Waals surface area contributed by atoms with Crippen molar-refractivity contribution in [3.8, 4) is 5.88 Å². The Kier molecular flexibility index (Phi) is 3.74. The van der Waals surface area contributed by atoms with E-state index in [0.717, 1.165) is 18.8 Å². The number of pyridine rings is 1. The van der Waals surface area contributed by atoms with Crippen LogP contribution in [0.25, 0.3) is 0 Å². The molecule has 16 heavy (non-hydrogen) atoms. The van der Waals surface area contributed by atoms with Gasteiger partial charge in [0.2, 0.25) is 5.88 Å². The Labute approximate surface area is 96.6 Å². The molecule has 2 heterocycles. The second-order valence-electron chi connectivity index (χ2n) is 4.30. The van der Waals surface area contributed by atoms with Gasteiger partial charge in [-0.2, -0.15) is 0 Å². The number of rotatable bonds is 4. The molecule has 0 amide bonds. The van der Waals surface area contributed by atoms with Crippen molar-refractivity contribution in [1.82, 2.24) is 15.2 Å². The average molecular weight is 221 g/mol. The molecule has 4 nitrogen and oxygen atoms in total. The Morgan fingerprint density at radius 2 is 2.44 bits per heavy atom. The molecule has 0 saturated carbocycles. The first-order valence-electron chi connectivity index (χ1n) is 5.70. The zero-order chi connectivity index (χ0) is 11.4. The summed E-state index contributed by atoms with van der Waals surface area (Å²) in [6.45, 7) is 3.13. The minimum absolute atomic E-state index is 0.595. The van der Waals surface area contributed by atoms with E-state index >= 15 is 0 Å². The van der Waals surface area contributed by atoms with Crippen LogP contribution >= 0.6 is 0 Å². The monoisotopic (exact) mass is 221 g/mol. The van der Waals surface area contributed by atoms with Crippen LogP contribution in [0.5, 0.6) is 5.88 Å². The van der Waals surface area contributed by atoms with Crippen LogP contribution < -0.4 is 10.1 Å². The van der Waals surface area contributed by atoms with E-state index in [9.17, 15) is 0 Å². The number of hydrogen-bond donors (Lipinski definition) is 1. The van der Waals surface area contributed by atoms with Gasteiger partial charge in [-0.05, 0) is 26.1 Å². The molecule has 1 saturated heterocycles. The molecule has 2 rings (SSSR count). The normalized spacial score (nSPS) is 21.2. The molecular formula is C12H19N3O. The molecule has 0 aromatic carbocycles. The third-order valence-electron chi connectivity index (χ3n) is 2.95. The summed E-state index contributed by atoms with van der Waals surface area (Å²) < 4.78 is 5.10. The molecule has 4 heteroatoms. The lowest BCUT2D eigenvalue weighted by Crippen LogP contribution is -2.31. The van der Waals surface area contributed by atoms with Gasteiger partial charge in [0.25, 0.3) is 0 Å². The third kappa shape index (κ3) is 2.93. The Hall–Kier alpha value is -1.13. The van der Waals surface area contributed by atoms with Gasteiger partial charge in [-0.25, -0.2) is 4.98 Å². The standard InChI is InChI=1S/C12H19N3O/c1-15-7-6-11(9-15)13-8-10-4-3-5-12(14-10)16-2/h3-5,11,13H,6-9H2,1-2H3. The largest absolute Gasteiger partial charge is 0.481 e. The predicted molar refractivity (Wildman–Crippen MR) is 63.5 cm³/mol. The maximum atomic E-state index is 5.10. The van der Waals surface area contributed by atoms with E-state index < -0.39 is 0 Å². The Morgan fingerprint density at radius 3 is 3.12 bits per heavy atom. The summed E-state index contributed by atoms with van der Waals surface area (Å²) in [5, 5.41) is 3.52. The molecule has 1 fully saturated rings. The summed E-state index contributed by atoms with van der Waals surface area (Å²) in [4.78, 5) is 6.72. The Balaban J connectivity index is 1.84. The van der Waals surface area contributed by atoms with Gasteiger partial charge in [-0.15, -0.1) is 0 Å². The number of aromatic nitrogens is 1. The molecule has 1 aromatic heterocycles. The van der Waals surface area contributed by atoms with Crippen molar-refractivity contribution < 1.29 is 4.74 Å². The minimum atomic E-state index is 0.595. The summed E-state index contributed by atoms with van der Waals surface area (Å²) >= 11 is 0. The van der Waals surface area contributed by atoms with E-state index in [4.69, 9.17) is 4.74 Å². The van der Waals surface area contributed by atoms with Crippen LogP contribution in [0.2, 0.25) is 0 Å². The average Bonchev–Trinajstić information content (AvgIpc) is 2.73. The summed E-state index contributed by atoms with van der Waals surface area (Å²) in [5.41, 5.74) is 1.04. The zero-order valence-corrected chi connectivity index (χ0v) is 9.94. The van der Waals surface area contributed by atoms with Crippen molar-refractivity contribution in [3.63, 3.8) is 0 Å². The smallest absolute Gasteiger partial charge is 0.213 e. The highest BCUT2D eigenvalue weighted by Crippen LogP contribution is 2.09. The van der Waals surface area contributed by atoms with Gasteiger partial charge in [0, 0.05) is 25.2 Å².